The SMILES string of the molecule is O=C(c1nn(Cc2ccccc2)c(=O)c2ccccc12)N1CCN(c2ncccn2)CC1. The molecule has 8 heteroatoms. The Morgan fingerprint density at radius 3 is 2.19 bits per heavy atom. The first kappa shape index (κ1) is 19.9. The summed E-state index contributed by atoms with van der Waals surface area (Å²) in [5, 5.41) is 5.60. The van der Waals surface area contributed by atoms with E-state index in [1.165, 1.54) is 4.68 Å². The molecule has 1 aliphatic heterocycles. The van der Waals surface area contributed by atoms with Gasteiger partial charge >= 0.3 is 0 Å². The van der Waals surface area contributed by atoms with Crippen LogP contribution in [0.25, 0.3) is 10.8 Å². The molecule has 2 aromatic heterocycles. The molecule has 0 spiro atoms. The summed E-state index contributed by atoms with van der Waals surface area (Å²) in [6.45, 7) is 2.65. The Bertz CT molecular complexity index is 1300. The molecule has 1 amide bonds. The monoisotopic (exact) mass is 426 g/mol. The Morgan fingerprint density at radius 2 is 1.47 bits per heavy atom. The Balaban J connectivity index is 1.45. The average molecular weight is 426 g/mol. The van der Waals surface area contributed by atoms with Gasteiger partial charge in [0.1, 0.15) is 0 Å². The van der Waals surface area contributed by atoms with Crippen molar-refractivity contribution in [3.8, 4) is 0 Å². The van der Waals surface area contributed by atoms with Crippen LogP contribution in [0.1, 0.15) is 16.1 Å². The number of hydrogen-bond acceptors (Lipinski definition) is 6. The van der Waals surface area contributed by atoms with E-state index in [0.717, 1.165) is 5.56 Å². The van der Waals surface area contributed by atoms with Crippen LogP contribution in [0.5, 0.6) is 0 Å². The fourth-order valence-corrected chi connectivity index (χ4v) is 3.97. The predicted molar refractivity (Wildman–Crippen MR) is 122 cm³/mol. The molecule has 0 unspecified atom stereocenters. The highest BCUT2D eigenvalue weighted by atomic mass is 16.2. The maximum Gasteiger partial charge on any atom is 0.275 e. The van der Waals surface area contributed by atoms with Gasteiger partial charge in [-0.2, -0.15) is 5.10 Å². The smallest absolute Gasteiger partial charge is 0.275 e. The summed E-state index contributed by atoms with van der Waals surface area (Å²) >= 11 is 0. The van der Waals surface area contributed by atoms with E-state index in [0.29, 0.717) is 55.1 Å². The van der Waals surface area contributed by atoms with Crippen LogP contribution in [0.4, 0.5) is 5.95 Å². The largest absolute Gasteiger partial charge is 0.337 e. The molecule has 0 N–H and O–H groups in total. The van der Waals surface area contributed by atoms with Crippen molar-refractivity contribution in [3.05, 3.63) is 94.7 Å². The van der Waals surface area contributed by atoms with Crippen LogP contribution >= 0.6 is 0 Å². The van der Waals surface area contributed by atoms with Crippen molar-refractivity contribution in [3.63, 3.8) is 0 Å². The van der Waals surface area contributed by atoms with Gasteiger partial charge in [0.15, 0.2) is 5.69 Å². The van der Waals surface area contributed by atoms with Gasteiger partial charge in [-0.25, -0.2) is 14.6 Å². The number of fused-ring (bicyclic) bond motifs is 1. The van der Waals surface area contributed by atoms with Crippen LogP contribution in [0.3, 0.4) is 0 Å². The molecule has 0 bridgehead atoms. The lowest BCUT2D eigenvalue weighted by Gasteiger charge is -2.34. The van der Waals surface area contributed by atoms with E-state index in [1.807, 2.05) is 42.5 Å². The van der Waals surface area contributed by atoms with E-state index in [1.54, 1.807) is 35.5 Å². The van der Waals surface area contributed by atoms with Gasteiger partial charge in [0.2, 0.25) is 5.95 Å². The summed E-state index contributed by atoms with van der Waals surface area (Å²) < 4.78 is 1.39. The third kappa shape index (κ3) is 3.82. The van der Waals surface area contributed by atoms with Gasteiger partial charge in [0.05, 0.1) is 11.9 Å². The van der Waals surface area contributed by atoms with Crippen molar-refractivity contribution in [1.29, 1.82) is 0 Å². The van der Waals surface area contributed by atoms with Crippen molar-refractivity contribution in [1.82, 2.24) is 24.6 Å². The van der Waals surface area contributed by atoms with E-state index < -0.39 is 0 Å². The van der Waals surface area contributed by atoms with Crippen LogP contribution in [0.2, 0.25) is 0 Å². The van der Waals surface area contributed by atoms with E-state index in [4.69, 9.17) is 0 Å². The summed E-state index contributed by atoms with van der Waals surface area (Å²) in [6, 6.07) is 18.6. The minimum absolute atomic E-state index is 0.170. The van der Waals surface area contributed by atoms with E-state index >= 15 is 0 Å². The second kappa shape index (κ2) is 8.58. The predicted octanol–water partition coefficient (Wildman–Crippen LogP) is 2.20. The number of amides is 1. The molecule has 4 aromatic rings. The number of aromatic nitrogens is 4. The molecule has 1 fully saturated rings. The topological polar surface area (TPSA) is 84.2 Å². The molecule has 32 heavy (non-hydrogen) atoms. The Labute approximate surface area is 184 Å². The minimum atomic E-state index is -0.202. The standard InChI is InChI=1S/C24H22N6O2/c31-22-20-10-5-4-9-19(20)21(27-30(22)17-18-7-2-1-3-8-18)23(32)28-13-15-29(16-14-28)24-25-11-6-12-26-24/h1-12H,13-17H2. The molecule has 160 valence electrons. The third-order valence-corrected chi connectivity index (χ3v) is 5.65. The summed E-state index contributed by atoms with van der Waals surface area (Å²) in [7, 11) is 0. The first-order valence-electron chi connectivity index (χ1n) is 10.6. The number of benzene rings is 2. The van der Waals surface area contributed by atoms with Crippen molar-refractivity contribution in [2.24, 2.45) is 0 Å². The highest BCUT2D eigenvalue weighted by Gasteiger charge is 2.26. The number of hydrogen-bond donors (Lipinski definition) is 0. The van der Waals surface area contributed by atoms with Crippen molar-refractivity contribution in [2.45, 2.75) is 6.54 Å². The highest BCUT2D eigenvalue weighted by Crippen LogP contribution is 2.18. The number of nitrogens with zero attached hydrogens (tertiary/aromatic N) is 6. The zero-order valence-electron chi connectivity index (χ0n) is 17.5. The molecule has 1 aliphatic rings. The Hall–Kier alpha value is -4.07. The summed E-state index contributed by atoms with van der Waals surface area (Å²) in [4.78, 5) is 38.9. The van der Waals surface area contributed by atoms with Crippen molar-refractivity contribution in [2.75, 3.05) is 31.1 Å². The lowest BCUT2D eigenvalue weighted by Crippen LogP contribution is -2.49. The third-order valence-electron chi connectivity index (χ3n) is 5.65. The molecule has 0 radical (unpaired) electrons. The Morgan fingerprint density at radius 1 is 0.812 bits per heavy atom. The van der Waals surface area contributed by atoms with Gasteiger partial charge in [0.25, 0.3) is 11.5 Å². The van der Waals surface area contributed by atoms with Crippen LogP contribution in [-0.2, 0) is 6.54 Å². The average Bonchev–Trinajstić information content (AvgIpc) is 2.87. The molecule has 0 aliphatic carbocycles. The number of anilines is 1. The van der Waals surface area contributed by atoms with Gasteiger partial charge < -0.3 is 9.80 Å². The fourth-order valence-electron chi connectivity index (χ4n) is 3.97. The van der Waals surface area contributed by atoms with Gasteiger partial charge in [-0.1, -0.05) is 48.5 Å². The number of carbonyl (C=O) groups is 1. The van der Waals surface area contributed by atoms with Crippen molar-refractivity contribution < 1.29 is 4.79 Å². The molecule has 1 saturated heterocycles. The zero-order valence-corrected chi connectivity index (χ0v) is 17.5. The molecular formula is C24H22N6O2. The molecular weight excluding hydrogens is 404 g/mol. The first-order chi connectivity index (χ1) is 15.7. The molecule has 3 heterocycles. The lowest BCUT2D eigenvalue weighted by atomic mass is 10.1. The van der Waals surface area contributed by atoms with Gasteiger partial charge in [-0.3, -0.25) is 9.59 Å². The Kier molecular flexibility index (Phi) is 5.33. The van der Waals surface area contributed by atoms with Gasteiger partial charge in [-0.05, 0) is 17.7 Å². The second-order valence-corrected chi connectivity index (χ2v) is 7.67. The molecule has 5 rings (SSSR count). The minimum Gasteiger partial charge on any atom is -0.337 e. The number of rotatable bonds is 4. The van der Waals surface area contributed by atoms with Crippen LogP contribution in [0, 0.1) is 0 Å². The van der Waals surface area contributed by atoms with E-state index in [2.05, 4.69) is 20.0 Å². The molecule has 0 saturated carbocycles. The van der Waals surface area contributed by atoms with Crippen LogP contribution in [-0.4, -0.2) is 56.7 Å². The van der Waals surface area contributed by atoms with Gasteiger partial charge in [0, 0.05) is 44.0 Å². The number of carbonyl (C=O) groups excluding carboxylic acids is 1. The van der Waals surface area contributed by atoms with Gasteiger partial charge in [-0.15, -0.1) is 0 Å². The van der Waals surface area contributed by atoms with E-state index in [-0.39, 0.29) is 11.5 Å². The van der Waals surface area contributed by atoms with E-state index in [9.17, 15) is 9.59 Å². The van der Waals surface area contributed by atoms with Crippen molar-refractivity contribution >= 4 is 22.6 Å². The molecule has 0 atom stereocenters. The van der Waals surface area contributed by atoms with Crippen LogP contribution < -0.4 is 10.5 Å². The molecule has 2 aromatic carbocycles. The second-order valence-electron chi connectivity index (χ2n) is 7.67. The zero-order chi connectivity index (χ0) is 21.9. The summed E-state index contributed by atoms with van der Waals surface area (Å²) in [5.41, 5.74) is 1.06. The maximum atomic E-state index is 13.5. The quantitative estimate of drug-likeness (QED) is 0.497. The van der Waals surface area contributed by atoms with Crippen LogP contribution in [0.15, 0.2) is 77.9 Å². The first-order valence-corrected chi connectivity index (χ1v) is 10.6. The molecule has 8 nitrogen and oxygen atoms in total. The normalized spacial score (nSPS) is 14.0. The lowest BCUT2D eigenvalue weighted by molar-refractivity contribution is 0.0740. The fraction of sp³-hybridized carbons (Fsp3) is 0.208. The maximum absolute atomic E-state index is 13.5. The number of piperazine rings is 1. The summed E-state index contributed by atoms with van der Waals surface area (Å²) in [5.74, 6) is 0.497. The highest BCUT2D eigenvalue weighted by molar-refractivity contribution is 6.04. The summed E-state index contributed by atoms with van der Waals surface area (Å²) in [6.07, 6.45) is 3.43.